The predicted octanol–water partition coefficient (Wildman–Crippen LogP) is 2.10. The first kappa shape index (κ1) is 14.9. The first-order valence-corrected chi connectivity index (χ1v) is 7.58. The summed E-state index contributed by atoms with van der Waals surface area (Å²) >= 11 is 0. The first-order chi connectivity index (χ1) is 10.3. The van der Waals surface area contributed by atoms with E-state index < -0.39 is 11.4 Å². The summed E-state index contributed by atoms with van der Waals surface area (Å²) in [6.45, 7) is 6.86. The number of carboxylic acids is 1. The van der Waals surface area contributed by atoms with Gasteiger partial charge in [-0.15, -0.1) is 0 Å². The van der Waals surface area contributed by atoms with Crippen molar-refractivity contribution in [3.8, 4) is 5.75 Å². The molecule has 0 spiro atoms. The van der Waals surface area contributed by atoms with Gasteiger partial charge >= 0.3 is 5.97 Å². The van der Waals surface area contributed by atoms with Crippen molar-refractivity contribution in [3.63, 3.8) is 0 Å². The van der Waals surface area contributed by atoms with Crippen molar-refractivity contribution in [3.05, 3.63) is 28.8 Å². The Morgan fingerprint density at radius 2 is 2.00 bits per heavy atom. The molecule has 5 heteroatoms. The fourth-order valence-corrected chi connectivity index (χ4v) is 3.22. The Morgan fingerprint density at radius 1 is 1.32 bits per heavy atom. The molecule has 0 aromatic heterocycles. The van der Waals surface area contributed by atoms with Gasteiger partial charge in [-0.25, -0.2) is 0 Å². The number of nitrogens with zero attached hydrogens (tertiary/aromatic N) is 1. The third kappa shape index (κ3) is 2.25. The summed E-state index contributed by atoms with van der Waals surface area (Å²) in [6, 6.07) is 4.00. The zero-order valence-electron chi connectivity index (χ0n) is 13.2. The van der Waals surface area contributed by atoms with Gasteiger partial charge in [-0.1, -0.05) is 6.07 Å². The highest BCUT2D eigenvalue weighted by Crippen LogP contribution is 2.39. The highest BCUT2D eigenvalue weighted by Gasteiger charge is 2.44. The number of aliphatic carboxylic acids is 1. The molecule has 22 heavy (non-hydrogen) atoms. The van der Waals surface area contributed by atoms with Crippen LogP contribution in [0.4, 0.5) is 0 Å². The molecule has 2 atom stereocenters. The average Bonchev–Trinajstić information content (AvgIpc) is 3.04. The standard InChI is InChI=1S/C17H21NO4/c1-10-6-12-13(8-22-14(12)7-11(10)2)15(19)18-5-4-17(3,9-18)16(20)21/h6-7,13H,4-5,8-9H2,1-3H3,(H,20,21). The highest BCUT2D eigenvalue weighted by atomic mass is 16.5. The molecule has 5 nitrogen and oxygen atoms in total. The van der Waals surface area contributed by atoms with Gasteiger partial charge in [0.15, 0.2) is 0 Å². The maximum Gasteiger partial charge on any atom is 0.311 e. The highest BCUT2D eigenvalue weighted by molar-refractivity contribution is 5.87. The number of hydrogen-bond donors (Lipinski definition) is 1. The van der Waals surface area contributed by atoms with E-state index in [1.165, 1.54) is 0 Å². The zero-order chi connectivity index (χ0) is 16.1. The van der Waals surface area contributed by atoms with E-state index in [9.17, 15) is 14.7 Å². The number of ether oxygens (including phenoxy) is 1. The monoisotopic (exact) mass is 303 g/mol. The molecule has 2 unspecified atom stereocenters. The number of amides is 1. The maximum atomic E-state index is 12.8. The summed E-state index contributed by atoms with van der Waals surface area (Å²) in [6.07, 6.45) is 0.501. The molecule has 1 fully saturated rings. The SMILES string of the molecule is Cc1cc2c(cc1C)C(C(=O)N1CCC(C)(C(=O)O)C1)CO2. The Balaban J connectivity index is 1.82. The second kappa shape index (κ2) is 5.00. The maximum absolute atomic E-state index is 12.8. The number of benzene rings is 1. The van der Waals surface area contributed by atoms with E-state index in [0.29, 0.717) is 19.6 Å². The van der Waals surface area contributed by atoms with Crippen LogP contribution in [0.2, 0.25) is 0 Å². The molecule has 2 heterocycles. The topological polar surface area (TPSA) is 66.8 Å². The largest absolute Gasteiger partial charge is 0.492 e. The lowest BCUT2D eigenvalue weighted by Crippen LogP contribution is -2.37. The Morgan fingerprint density at radius 3 is 2.64 bits per heavy atom. The number of carbonyl (C=O) groups is 2. The second-order valence-corrected chi connectivity index (χ2v) is 6.71. The summed E-state index contributed by atoms with van der Waals surface area (Å²) in [4.78, 5) is 25.8. The number of likely N-dealkylation sites (tertiary alicyclic amines) is 1. The molecule has 1 aromatic carbocycles. The molecule has 0 saturated carbocycles. The molecule has 0 aliphatic carbocycles. The van der Waals surface area contributed by atoms with E-state index in [4.69, 9.17) is 4.74 Å². The van der Waals surface area contributed by atoms with Crippen LogP contribution in [0.25, 0.3) is 0 Å². The van der Waals surface area contributed by atoms with Gasteiger partial charge in [-0.05, 0) is 44.4 Å². The Bertz CT molecular complexity index is 654. The van der Waals surface area contributed by atoms with Gasteiger partial charge < -0.3 is 14.7 Å². The van der Waals surface area contributed by atoms with Gasteiger partial charge in [0.2, 0.25) is 5.91 Å². The van der Waals surface area contributed by atoms with Gasteiger partial charge in [-0.3, -0.25) is 9.59 Å². The van der Waals surface area contributed by atoms with Crippen molar-refractivity contribution in [1.82, 2.24) is 4.90 Å². The lowest BCUT2D eigenvalue weighted by Gasteiger charge is -2.22. The molecule has 3 rings (SSSR count). The molecule has 0 radical (unpaired) electrons. The average molecular weight is 303 g/mol. The minimum Gasteiger partial charge on any atom is -0.492 e. The zero-order valence-corrected chi connectivity index (χ0v) is 13.2. The van der Waals surface area contributed by atoms with Crippen LogP contribution >= 0.6 is 0 Å². The van der Waals surface area contributed by atoms with Gasteiger partial charge in [-0.2, -0.15) is 0 Å². The molecule has 2 aliphatic rings. The van der Waals surface area contributed by atoms with Crippen LogP contribution in [0.15, 0.2) is 12.1 Å². The van der Waals surface area contributed by atoms with Crippen LogP contribution < -0.4 is 4.74 Å². The van der Waals surface area contributed by atoms with E-state index in [0.717, 1.165) is 22.4 Å². The van der Waals surface area contributed by atoms with Crippen LogP contribution in [0.1, 0.15) is 36.0 Å². The summed E-state index contributed by atoms with van der Waals surface area (Å²) in [5.41, 5.74) is 2.38. The van der Waals surface area contributed by atoms with Crippen molar-refractivity contribution in [1.29, 1.82) is 0 Å². The van der Waals surface area contributed by atoms with Crippen molar-refractivity contribution in [2.75, 3.05) is 19.7 Å². The summed E-state index contributed by atoms with van der Waals surface area (Å²) in [5.74, 6) is -0.392. The van der Waals surface area contributed by atoms with E-state index in [1.54, 1.807) is 11.8 Å². The third-order valence-corrected chi connectivity index (χ3v) is 5.01. The smallest absolute Gasteiger partial charge is 0.311 e. The van der Waals surface area contributed by atoms with Crippen LogP contribution in [0.5, 0.6) is 5.75 Å². The van der Waals surface area contributed by atoms with E-state index in [-0.39, 0.29) is 18.4 Å². The van der Waals surface area contributed by atoms with Crippen LogP contribution in [0, 0.1) is 19.3 Å². The van der Waals surface area contributed by atoms with Crippen molar-refractivity contribution in [2.24, 2.45) is 5.41 Å². The van der Waals surface area contributed by atoms with Gasteiger partial charge in [0.1, 0.15) is 18.3 Å². The number of fused-ring (bicyclic) bond motifs is 1. The normalized spacial score (nSPS) is 26.7. The van der Waals surface area contributed by atoms with Gasteiger partial charge in [0.25, 0.3) is 0 Å². The lowest BCUT2D eigenvalue weighted by atomic mass is 9.90. The molecule has 1 N–H and O–H groups in total. The fraction of sp³-hybridized carbons (Fsp3) is 0.529. The van der Waals surface area contributed by atoms with Crippen molar-refractivity contribution in [2.45, 2.75) is 33.1 Å². The number of rotatable bonds is 2. The fourth-order valence-electron chi connectivity index (χ4n) is 3.22. The summed E-state index contributed by atoms with van der Waals surface area (Å²) in [5, 5.41) is 9.30. The van der Waals surface area contributed by atoms with Crippen LogP contribution in [-0.4, -0.2) is 41.6 Å². The number of hydrogen-bond acceptors (Lipinski definition) is 3. The first-order valence-electron chi connectivity index (χ1n) is 7.58. The van der Waals surface area contributed by atoms with E-state index >= 15 is 0 Å². The van der Waals surface area contributed by atoms with Crippen molar-refractivity contribution >= 4 is 11.9 Å². The van der Waals surface area contributed by atoms with E-state index in [1.807, 2.05) is 26.0 Å². The van der Waals surface area contributed by atoms with Gasteiger partial charge in [0, 0.05) is 18.7 Å². The van der Waals surface area contributed by atoms with Crippen molar-refractivity contribution < 1.29 is 19.4 Å². The lowest BCUT2D eigenvalue weighted by molar-refractivity contribution is -0.147. The molecule has 1 amide bonds. The summed E-state index contributed by atoms with van der Waals surface area (Å²) in [7, 11) is 0. The summed E-state index contributed by atoms with van der Waals surface area (Å²) < 4.78 is 5.66. The number of carbonyl (C=O) groups excluding carboxylic acids is 1. The van der Waals surface area contributed by atoms with Crippen LogP contribution in [-0.2, 0) is 9.59 Å². The molecular formula is C17H21NO4. The molecule has 0 bridgehead atoms. The minimum atomic E-state index is -0.836. The molecule has 2 aliphatic heterocycles. The number of aryl methyl sites for hydroxylation is 2. The van der Waals surface area contributed by atoms with E-state index in [2.05, 4.69) is 0 Å². The second-order valence-electron chi connectivity index (χ2n) is 6.71. The third-order valence-electron chi connectivity index (χ3n) is 5.01. The predicted molar refractivity (Wildman–Crippen MR) is 81.1 cm³/mol. The minimum absolute atomic E-state index is 0.0213. The van der Waals surface area contributed by atoms with Gasteiger partial charge in [0.05, 0.1) is 5.41 Å². The Kier molecular flexibility index (Phi) is 3.38. The Hall–Kier alpha value is -2.04. The van der Waals surface area contributed by atoms with Crippen LogP contribution in [0.3, 0.4) is 0 Å². The molecule has 1 aromatic rings. The molecule has 118 valence electrons. The number of carboxylic acid groups (broad SMARTS) is 1. The molecular weight excluding hydrogens is 282 g/mol. The molecule has 1 saturated heterocycles. The quantitative estimate of drug-likeness (QED) is 0.908. The Labute approximate surface area is 129 Å².